The molecule has 4 aromatic rings. The van der Waals surface area contributed by atoms with Crippen LogP contribution >= 0.6 is 11.6 Å². The average molecular weight is 488 g/mol. The molecule has 174 valence electrons. The van der Waals surface area contributed by atoms with Crippen LogP contribution in [-0.4, -0.2) is 20.8 Å². The molecular formula is C23H17ClF3N5O2. The van der Waals surface area contributed by atoms with E-state index in [-0.39, 0.29) is 5.69 Å². The molecule has 2 amide bonds. The van der Waals surface area contributed by atoms with Crippen LogP contribution in [0.3, 0.4) is 0 Å². The first kappa shape index (κ1) is 23.1. The van der Waals surface area contributed by atoms with Gasteiger partial charge < -0.3 is 15.4 Å². The quantitative estimate of drug-likeness (QED) is 0.333. The highest BCUT2D eigenvalue weighted by molar-refractivity contribution is 6.31. The maximum absolute atomic E-state index is 13.0. The lowest BCUT2D eigenvalue weighted by Gasteiger charge is -2.13. The van der Waals surface area contributed by atoms with Crippen LogP contribution in [0.1, 0.15) is 5.56 Å². The van der Waals surface area contributed by atoms with E-state index in [1.807, 2.05) is 6.20 Å². The highest BCUT2D eigenvalue weighted by Gasteiger charge is 2.33. The third-order valence-electron chi connectivity index (χ3n) is 4.59. The summed E-state index contributed by atoms with van der Waals surface area (Å²) in [6, 6.07) is 12.4. The lowest BCUT2D eigenvalue weighted by Crippen LogP contribution is -2.20. The second kappa shape index (κ2) is 9.44. The number of amides is 2. The van der Waals surface area contributed by atoms with Gasteiger partial charge in [0.25, 0.3) is 0 Å². The molecule has 2 aromatic heterocycles. The van der Waals surface area contributed by atoms with Gasteiger partial charge in [-0.3, -0.25) is 9.67 Å². The fourth-order valence-electron chi connectivity index (χ4n) is 3.07. The van der Waals surface area contributed by atoms with Crippen molar-refractivity contribution in [1.29, 1.82) is 0 Å². The van der Waals surface area contributed by atoms with Gasteiger partial charge in [-0.05, 0) is 36.4 Å². The van der Waals surface area contributed by atoms with E-state index in [9.17, 15) is 18.0 Å². The molecule has 2 aromatic carbocycles. The Morgan fingerprint density at radius 1 is 1.03 bits per heavy atom. The largest absolute Gasteiger partial charge is 0.457 e. The van der Waals surface area contributed by atoms with Crippen molar-refractivity contribution in [1.82, 2.24) is 14.8 Å². The summed E-state index contributed by atoms with van der Waals surface area (Å²) >= 11 is 5.61. The maximum atomic E-state index is 13.0. The number of pyridine rings is 1. The number of urea groups is 1. The summed E-state index contributed by atoms with van der Waals surface area (Å²) in [5.74, 6) is 0.961. The molecule has 0 aliphatic heterocycles. The molecule has 0 spiro atoms. The van der Waals surface area contributed by atoms with Crippen molar-refractivity contribution in [3.63, 3.8) is 0 Å². The molecule has 0 saturated heterocycles. The zero-order chi connectivity index (χ0) is 24.3. The van der Waals surface area contributed by atoms with Gasteiger partial charge in [-0.15, -0.1) is 0 Å². The van der Waals surface area contributed by atoms with Gasteiger partial charge in [-0.2, -0.15) is 18.3 Å². The molecule has 7 nitrogen and oxygen atoms in total. The van der Waals surface area contributed by atoms with Crippen molar-refractivity contribution >= 4 is 29.0 Å². The number of anilines is 2. The number of nitrogens with zero attached hydrogens (tertiary/aromatic N) is 3. The van der Waals surface area contributed by atoms with Gasteiger partial charge in [-0.25, -0.2) is 4.79 Å². The molecule has 0 fully saturated rings. The summed E-state index contributed by atoms with van der Waals surface area (Å²) in [5, 5.41) is 8.59. The SMILES string of the molecule is Cn1cc(-c2cc(Oc3cccc(NC(=O)Nc4ccc(Cl)c(C(F)(F)F)c4)c3)ccn2)cn1. The van der Waals surface area contributed by atoms with Crippen LogP contribution in [0.5, 0.6) is 11.5 Å². The van der Waals surface area contributed by atoms with Crippen LogP contribution in [-0.2, 0) is 13.2 Å². The Labute approximate surface area is 197 Å². The second-order valence-corrected chi connectivity index (χ2v) is 7.59. The van der Waals surface area contributed by atoms with Crippen LogP contribution in [0.4, 0.5) is 29.3 Å². The summed E-state index contributed by atoms with van der Waals surface area (Å²) in [6.45, 7) is 0. The van der Waals surface area contributed by atoms with E-state index in [4.69, 9.17) is 16.3 Å². The number of alkyl halides is 3. The van der Waals surface area contributed by atoms with Crippen molar-refractivity contribution < 1.29 is 22.7 Å². The highest BCUT2D eigenvalue weighted by atomic mass is 35.5. The fourth-order valence-corrected chi connectivity index (χ4v) is 3.30. The van der Waals surface area contributed by atoms with Crippen LogP contribution in [0, 0.1) is 0 Å². The molecule has 34 heavy (non-hydrogen) atoms. The highest BCUT2D eigenvalue weighted by Crippen LogP contribution is 2.36. The molecule has 0 bridgehead atoms. The van der Waals surface area contributed by atoms with Crippen molar-refractivity contribution in [3.8, 4) is 22.8 Å². The number of hydrogen-bond acceptors (Lipinski definition) is 4. The van der Waals surface area contributed by atoms with Gasteiger partial charge in [0.05, 0.1) is 22.5 Å². The minimum Gasteiger partial charge on any atom is -0.457 e. The van der Waals surface area contributed by atoms with Crippen LogP contribution in [0.25, 0.3) is 11.3 Å². The van der Waals surface area contributed by atoms with E-state index < -0.39 is 22.8 Å². The number of aryl methyl sites for hydroxylation is 1. The number of carbonyl (C=O) groups is 1. The lowest BCUT2D eigenvalue weighted by atomic mass is 10.2. The first-order chi connectivity index (χ1) is 16.2. The maximum Gasteiger partial charge on any atom is 0.417 e. The van der Waals surface area contributed by atoms with E-state index in [1.54, 1.807) is 60.5 Å². The molecular weight excluding hydrogens is 471 g/mol. The van der Waals surface area contributed by atoms with Crippen molar-refractivity contribution in [2.24, 2.45) is 7.05 Å². The van der Waals surface area contributed by atoms with Crippen LogP contribution < -0.4 is 15.4 Å². The van der Waals surface area contributed by atoms with E-state index in [0.717, 1.165) is 17.7 Å². The Morgan fingerprint density at radius 3 is 2.47 bits per heavy atom. The molecule has 0 aliphatic carbocycles. The first-order valence-electron chi connectivity index (χ1n) is 9.85. The normalized spacial score (nSPS) is 11.2. The molecule has 2 heterocycles. The van der Waals surface area contributed by atoms with Gasteiger partial charge in [0.15, 0.2) is 0 Å². The number of benzene rings is 2. The van der Waals surface area contributed by atoms with E-state index in [2.05, 4.69) is 20.7 Å². The number of hydrogen-bond donors (Lipinski definition) is 2. The zero-order valence-electron chi connectivity index (χ0n) is 17.6. The van der Waals surface area contributed by atoms with E-state index in [0.29, 0.717) is 22.9 Å². The van der Waals surface area contributed by atoms with Crippen LogP contribution in [0.2, 0.25) is 5.02 Å². The minimum atomic E-state index is -4.64. The number of aromatic nitrogens is 3. The Kier molecular flexibility index (Phi) is 6.42. The lowest BCUT2D eigenvalue weighted by molar-refractivity contribution is -0.137. The molecule has 4 rings (SSSR count). The minimum absolute atomic E-state index is 0.0543. The predicted octanol–water partition coefficient (Wildman–Crippen LogP) is 6.59. The summed E-state index contributed by atoms with van der Waals surface area (Å²) in [4.78, 5) is 16.6. The van der Waals surface area contributed by atoms with Gasteiger partial charge in [0.2, 0.25) is 0 Å². The molecule has 0 unspecified atom stereocenters. The molecule has 0 aliphatic rings. The monoisotopic (exact) mass is 487 g/mol. The van der Waals surface area contributed by atoms with Crippen LogP contribution in [0.15, 0.2) is 73.2 Å². The smallest absolute Gasteiger partial charge is 0.417 e. The fraction of sp³-hybridized carbons (Fsp3) is 0.0870. The zero-order valence-corrected chi connectivity index (χ0v) is 18.4. The predicted molar refractivity (Wildman–Crippen MR) is 122 cm³/mol. The van der Waals surface area contributed by atoms with Gasteiger partial charge in [-0.1, -0.05) is 17.7 Å². The molecule has 2 N–H and O–H groups in total. The van der Waals surface area contributed by atoms with Crippen molar-refractivity contribution in [3.05, 3.63) is 83.8 Å². The summed E-state index contributed by atoms with van der Waals surface area (Å²) in [5.41, 5.74) is 0.796. The number of rotatable bonds is 5. The standard InChI is InChI=1S/C23H17ClF3N5O2/c1-32-13-14(12-29-32)21-11-18(7-8-28-21)34-17-4-2-3-15(9-17)30-22(33)31-16-5-6-20(24)19(10-16)23(25,26)27/h2-13H,1H3,(H2,30,31,33). The second-order valence-electron chi connectivity index (χ2n) is 7.18. The van der Waals surface area contributed by atoms with Crippen molar-refractivity contribution in [2.45, 2.75) is 6.18 Å². The van der Waals surface area contributed by atoms with Gasteiger partial charge >= 0.3 is 12.2 Å². The van der Waals surface area contributed by atoms with E-state index >= 15 is 0 Å². The number of ether oxygens (including phenoxy) is 1. The molecule has 0 atom stereocenters. The van der Waals surface area contributed by atoms with Gasteiger partial charge in [0, 0.05) is 48.5 Å². The molecule has 0 saturated carbocycles. The van der Waals surface area contributed by atoms with Crippen molar-refractivity contribution in [2.75, 3.05) is 10.6 Å². The average Bonchev–Trinajstić information content (AvgIpc) is 3.21. The number of halogens is 4. The molecule has 11 heteroatoms. The summed E-state index contributed by atoms with van der Waals surface area (Å²) < 4.78 is 46.6. The number of carbonyl (C=O) groups excluding carboxylic acids is 1. The Morgan fingerprint density at radius 2 is 1.76 bits per heavy atom. The Bertz CT molecular complexity index is 1340. The number of nitrogens with one attached hydrogen (secondary N) is 2. The molecule has 0 radical (unpaired) electrons. The summed E-state index contributed by atoms with van der Waals surface area (Å²) in [6.07, 6.45) is 0.483. The third-order valence-corrected chi connectivity index (χ3v) is 4.92. The Balaban J connectivity index is 1.44. The van der Waals surface area contributed by atoms with Gasteiger partial charge in [0.1, 0.15) is 11.5 Å². The Hall–Kier alpha value is -4.05. The van der Waals surface area contributed by atoms with E-state index in [1.165, 1.54) is 6.07 Å². The third kappa shape index (κ3) is 5.65. The first-order valence-corrected chi connectivity index (χ1v) is 10.2. The topological polar surface area (TPSA) is 81.1 Å². The summed E-state index contributed by atoms with van der Waals surface area (Å²) in [7, 11) is 1.81.